The normalized spacial score (nSPS) is 12.8. The van der Waals surface area contributed by atoms with Crippen LogP contribution in [-0.2, 0) is 0 Å². The smallest absolute Gasteiger partial charge is 0.408 e. The molecule has 4 nitrogen and oxygen atoms in total. The lowest BCUT2D eigenvalue weighted by Gasteiger charge is -2.14. The van der Waals surface area contributed by atoms with Gasteiger partial charge in [-0.3, -0.25) is 4.98 Å². The van der Waals surface area contributed by atoms with Crippen LogP contribution in [0.3, 0.4) is 0 Å². The molecule has 0 aliphatic rings. The molecule has 0 saturated heterocycles. The highest BCUT2D eigenvalue weighted by molar-refractivity contribution is 5.73. The average molecular weight is 268 g/mol. The summed E-state index contributed by atoms with van der Waals surface area (Å²) in [6, 6.07) is 11.6. The molecule has 0 amide bonds. The number of oxazole rings is 1. The van der Waals surface area contributed by atoms with Crippen molar-refractivity contribution in [1.29, 1.82) is 0 Å². The van der Waals surface area contributed by atoms with Gasteiger partial charge >= 0.3 is 5.76 Å². The number of nitrogens with one attached hydrogen (secondary N) is 1. The van der Waals surface area contributed by atoms with E-state index in [0.29, 0.717) is 11.1 Å². The lowest BCUT2D eigenvalue weighted by molar-refractivity contribution is 0.555. The van der Waals surface area contributed by atoms with Gasteiger partial charge in [0.1, 0.15) is 0 Å². The molecule has 0 bridgehead atoms. The van der Waals surface area contributed by atoms with Crippen molar-refractivity contribution in [2.75, 3.05) is 0 Å². The molecule has 0 saturated carbocycles. The van der Waals surface area contributed by atoms with E-state index in [1.807, 2.05) is 18.2 Å². The second-order valence-electron chi connectivity index (χ2n) is 5.17. The Hall–Kier alpha value is -2.33. The van der Waals surface area contributed by atoms with E-state index >= 15 is 0 Å². The third-order valence-electron chi connectivity index (χ3n) is 3.41. The van der Waals surface area contributed by atoms with Gasteiger partial charge in [-0.05, 0) is 37.1 Å². The second-order valence-corrected chi connectivity index (χ2v) is 5.17. The largest absolute Gasteiger partial charge is 0.417 e. The predicted octanol–water partition coefficient (Wildman–Crippen LogP) is 2.79. The summed E-state index contributed by atoms with van der Waals surface area (Å²) in [7, 11) is 0. The molecule has 1 aromatic heterocycles. The molecule has 1 heterocycles. The molecule has 102 valence electrons. The topological polar surface area (TPSA) is 72.0 Å². The molecule has 2 aromatic carbocycles. The number of benzene rings is 2. The van der Waals surface area contributed by atoms with Crippen LogP contribution in [0.25, 0.3) is 11.1 Å². The van der Waals surface area contributed by atoms with E-state index in [9.17, 15) is 4.79 Å². The molecule has 0 radical (unpaired) electrons. The maximum absolute atomic E-state index is 11.2. The quantitative estimate of drug-likeness (QED) is 0.750. The van der Waals surface area contributed by atoms with Gasteiger partial charge in [0, 0.05) is 0 Å². The van der Waals surface area contributed by atoms with Gasteiger partial charge in [0.25, 0.3) is 0 Å². The zero-order chi connectivity index (χ0) is 14.3. The van der Waals surface area contributed by atoms with Crippen LogP contribution in [0.4, 0.5) is 0 Å². The summed E-state index contributed by atoms with van der Waals surface area (Å²) in [6.07, 6.45) is 0. The average Bonchev–Trinajstić information content (AvgIpc) is 2.75. The first kappa shape index (κ1) is 12.7. The first-order chi connectivity index (χ1) is 9.52. The van der Waals surface area contributed by atoms with Gasteiger partial charge in [-0.2, -0.15) is 0 Å². The number of nitrogens with two attached hydrogens (primary N) is 1. The molecule has 1 atom stereocenters. The summed E-state index contributed by atoms with van der Waals surface area (Å²) in [5.41, 5.74) is 11.9. The van der Waals surface area contributed by atoms with E-state index in [4.69, 9.17) is 10.2 Å². The van der Waals surface area contributed by atoms with Gasteiger partial charge < -0.3 is 10.2 Å². The van der Waals surface area contributed by atoms with Crippen LogP contribution >= 0.6 is 0 Å². The SMILES string of the molecule is Cc1cc(C)cc(C(N)c2ccc3[nH]c(=O)oc3c2)c1. The summed E-state index contributed by atoms with van der Waals surface area (Å²) >= 11 is 0. The second kappa shape index (κ2) is 4.65. The minimum atomic E-state index is -0.447. The summed E-state index contributed by atoms with van der Waals surface area (Å²) in [6.45, 7) is 4.11. The first-order valence-electron chi connectivity index (χ1n) is 6.49. The molecular formula is C16H16N2O2. The number of aromatic amines is 1. The summed E-state index contributed by atoms with van der Waals surface area (Å²) in [5, 5.41) is 0. The van der Waals surface area contributed by atoms with Crippen molar-refractivity contribution in [2.24, 2.45) is 5.73 Å². The fourth-order valence-electron chi connectivity index (χ4n) is 2.54. The van der Waals surface area contributed by atoms with Crippen LogP contribution in [0.15, 0.2) is 45.6 Å². The Morgan fingerprint density at radius 1 is 1.05 bits per heavy atom. The van der Waals surface area contributed by atoms with Crippen molar-refractivity contribution >= 4 is 11.1 Å². The van der Waals surface area contributed by atoms with E-state index in [2.05, 4.69) is 37.0 Å². The maximum atomic E-state index is 11.2. The highest BCUT2D eigenvalue weighted by Crippen LogP contribution is 2.24. The third-order valence-corrected chi connectivity index (χ3v) is 3.41. The predicted molar refractivity (Wildman–Crippen MR) is 78.8 cm³/mol. The zero-order valence-corrected chi connectivity index (χ0v) is 11.4. The summed E-state index contributed by atoms with van der Waals surface area (Å²) < 4.78 is 5.08. The van der Waals surface area contributed by atoms with Gasteiger partial charge in [0.15, 0.2) is 5.58 Å². The van der Waals surface area contributed by atoms with Crippen molar-refractivity contribution < 1.29 is 4.42 Å². The molecule has 1 unspecified atom stereocenters. The highest BCUT2D eigenvalue weighted by atomic mass is 16.4. The molecular weight excluding hydrogens is 252 g/mol. The number of H-pyrrole nitrogens is 1. The molecule has 3 rings (SSSR count). The molecule has 4 heteroatoms. The zero-order valence-electron chi connectivity index (χ0n) is 11.4. The number of hydrogen-bond acceptors (Lipinski definition) is 3. The van der Waals surface area contributed by atoms with Gasteiger partial charge in [-0.15, -0.1) is 0 Å². The Balaban J connectivity index is 2.06. The minimum absolute atomic E-state index is 0.238. The molecule has 20 heavy (non-hydrogen) atoms. The van der Waals surface area contributed by atoms with E-state index in [1.54, 1.807) is 0 Å². The summed E-state index contributed by atoms with van der Waals surface area (Å²) in [4.78, 5) is 13.8. The number of rotatable bonds is 2. The van der Waals surface area contributed by atoms with Crippen molar-refractivity contribution in [3.63, 3.8) is 0 Å². The van der Waals surface area contributed by atoms with Crippen LogP contribution in [0.1, 0.15) is 28.3 Å². The van der Waals surface area contributed by atoms with E-state index in [1.165, 1.54) is 11.1 Å². The monoisotopic (exact) mass is 268 g/mol. The van der Waals surface area contributed by atoms with Crippen molar-refractivity contribution in [3.8, 4) is 0 Å². The van der Waals surface area contributed by atoms with Gasteiger partial charge in [-0.1, -0.05) is 35.4 Å². The first-order valence-corrected chi connectivity index (χ1v) is 6.49. The Kier molecular flexibility index (Phi) is 2.95. The molecule has 0 fully saturated rings. The number of aromatic nitrogens is 1. The Labute approximate surface area is 116 Å². The number of hydrogen-bond donors (Lipinski definition) is 2. The van der Waals surface area contributed by atoms with Gasteiger partial charge in [0.2, 0.25) is 0 Å². The Bertz CT molecular complexity index is 810. The van der Waals surface area contributed by atoms with Crippen molar-refractivity contribution in [1.82, 2.24) is 4.98 Å². The molecule has 0 spiro atoms. The van der Waals surface area contributed by atoms with Gasteiger partial charge in [-0.25, -0.2) is 4.79 Å². The molecule has 3 aromatic rings. The van der Waals surface area contributed by atoms with Crippen molar-refractivity contribution in [2.45, 2.75) is 19.9 Å². The van der Waals surface area contributed by atoms with Crippen LogP contribution in [0.5, 0.6) is 0 Å². The molecule has 0 aliphatic carbocycles. The van der Waals surface area contributed by atoms with Crippen LogP contribution < -0.4 is 11.5 Å². The number of fused-ring (bicyclic) bond motifs is 1. The maximum Gasteiger partial charge on any atom is 0.417 e. The minimum Gasteiger partial charge on any atom is -0.408 e. The Morgan fingerprint density at radius 3 is 2.45 bits per heavy atom. The standard InChI is InChI=1S/C16H16N2O2/c1-9-5-10(2)7-12(6-9)15(17)11-3-4-13-14(8-11)20-16(19)18-13/h3-8,15H,17H2,1-2H3,(H,18,19). The van der Waals surface area contributed by atoms with Crippen molar-refractivity contribution in [3.05, 3.63) is 69.2 Å². The van der Waals surface area contributed by atoms with E-state index in [0.717, 1.165) is 11.1 Å². The van der Waals surface area contributed by atoms with Crippen LogP contribution in [-0.4, -0.2) is 4.98 Å². The van der Waals surface area contributed by atoms with Gasteiger partial charge in [0.05, 0.1) is 11.6 Å². The highest BCUT2D eigenvalue weighted by Gasteiger charge is 2.12. The van der Waals surface area contributed by atoms with Crippen LogP contribution in [0.2, 0.25) is 0 Å². The molecule has 0 aliphatic heterocycles. The fraction of sp³-hybridized carbons (Fsp3) is 0.188. The van der Waals surface area contributed by atoms with E-state index in [-0.39, 0.29) is 6.04 Å². The fourth-order valence-corrected chi connectivity index (χ4v) is 2.54. The van der Waals surface area contributed by atoms with Crippen LogP contribution in [0, 0.1) is 13.8 Å². The Morgan fingerprint density at radius 2 is 1.75 bits per heavy atom. The van der Waals surface area contributed by atoms with E-state index < -0.39 is 5.76 Å². The number of aryl methyl sites for hydroxylation is 2. The lowest BCUT2D eigenvalue weighted by atomic mass is 9.96. The summed E-state index contributed by atoms with van der Waals surface area (Å²) in [5.74, 6) is -0.447. The molecule has 3 N–H and O–H groups in total. The lowest BCUT2D eigenvalue weighted by Crippen LogP contribution is -2.12. The third kappa shape index (κ3) is 2.26.